The van der Waals surface area contributed by atoms with Gasteiger partial charge in [0.25, 0.3) is 8.32 Å². The summed E-state index contributed by atoms with van der Waals surface area (Å²) >= 11 is 0. The lowest BCUT2D eigenvalue weighted by atomic mass is 9.90. The van der Waals surface area contributed by atoms with Crippen LogP contribution in [0.1, 0.15) is 142 Å². The second-order valence-electron chi connectivity index (χ2n) is 18.2. The lowest BCUT2D eigenvalue weighted by Crippen LogP contribution is -2.50. The van der Waals surface area contributed by atoms with Gasteiger partial charge < -0.3 is 23.4 Å². The molecule has 2 aliphatic carbocycles. The maximum atomic E-state index is 7.31. The molecule has 1 heterocycles. The highest BCUT2D eigenvalue weighted by Gasteiger charge is 2.47. The van der Waals surface area contributed by atoms with Gasteiger partial charge >= 0.3 is 0 Å². The Morgan fingerprint density at radius 1 is 0.611 bits per heavy atom. The maximum Gasteiger partial charge on any atom is 0.258 e. The first-order valence-electron chi connectivity index (χ1n) is 21.4. The molecule has 5 nitrogen and oxygen atoms in total. The Bertz CT molecular complexity index is 1600. The smallest absolute Gasteiger partial charge is 0.258 e. The van der Waals surface area contributed by atoms with Crippen molar-refractivity contribution in [2.45, 2.75) is 168 Å². The first kappa shape index (κ1) is 42.3. The Hall–Kier alpha value is -2.85. The van der Waals surface area contributed by atoms with E-state index in [-0.39, 0.29) is 6.29 Å². The molecule has 7 heteroatoms. The first-order valence-corrected chi connectivity index (χ1v) is 27.1. The highest BCUT2D eigenvalue weighted by atomic mass is 28.4. The molecule has 2 aromatic rings. The first-order chi connectivity index (χ1) is 25.8. The molecule has 2 aromatic carbocycles. The summed E-state index contributed by atoms with van der Waals surface area (Å²) in [6, 6.07) is 10.4. The molecular weight excluding hydrogens is 701 g/mol. The number of hydrogen-bond donors (Lipinski definition) is 0. The summed E-state index contributed by atoms with van der Waals surface area (Å²) in [5.41, 5.74) is 7.39. The van der Waals surface area contributed by atoms with E-state index < -0.39 is 16.4 Å². The summed E-state index contributed by atoms with van der Waals surface area (Å²) in [5, 5.41) is 0. The fraction of sp³-hybridized carbons (Fsp3) is 0.660. The second kappa shape index (κ2) is 19.8. The molecular formula is C47H70O5Si2. The highest BCUT2D eigenvalue weighted by molar-refractivity contribution is 6.84. The highest BCUT2D eigenvalue weighted by Crippen LogP contribution is 2.44. The van der Waals surface area contributed by atoms with Crippen LogP contribution in [0.3, 0.4) is 0 Å². The number of rotatable bonds is 13. The predicted octanol–water partition coefficient (Wildman–Crippen LogP) is 12.7. The molecule has 3 fully saturated rings. The summed E-state index contributed by atoms with van der Waals surface area (Å²) in [6.45, 7) is 23.0. The van der Waals surface area contributed by atoms with E-state index in [2.05, 4.69) is 115 Å². The Morgan fingerprint density at radius 2 is 1.15 bits per heavy atom. The number of benzene rings is 2. The monoisotopic (exact) mass is 770 g/mol. The van der Waals surface area contributed by atoms with Crippen molar-refractivity contribution in [2.75, 3.05) is 19.8 Å². The molecule has 1 atom stereocenters. The van der Waals surface area contributed by atoms with Crippen molar-refractivity contribution in [3.8, 4) is 46.3 Å². The number of hydrogen-bond acceptors (Lipinski definition) is 5. The molecule has 1 unspecified atom stereocenters. The van der Waals surface area contributed by atoms with E-state index in [4.69, 9.17) is 23.4 Å². The van der Waals surface area contributed by atoms with Gasteiger partial charge in [0, 0.05) is 18.6 Å². The fourth-order valence-corrected chi connectivity index (χ4v) is 14.5. The van der Waals surface area contributed by atoms with Gasteiger partial charge in [-0.05, 0) is 85.2 Å². The van der Waals surface area contributed by atoms with Crippen LogP contribution in [0.2, 0.25) is 36.3 Å². The van der Waals surface area contributed by atoms with E-state index >= 15 is 0 Å². The van der Waals surface area contributed by atoms with E-state index in [1.165, 1.54) is 64.2 Å². The van der Waals surface area contributed by atoms with Gasteiger partial charge in [0.1, 0.15) is 31.1 Å². The normalized spacial score (nSPS) is 18.9. The van der Waals surface area contributed by atoms with E-state index in [1.54, 1.807) is 0 Å². The molecule has 0 N–H and O–H groups in total. The van der Waals surface area contributed by atoms with E-state index in [0.717, 1.165) is 59.8 Å². The molecule has 5 rings (SSSR count). The van der Waals surface area contributed by atoms with Crippen molar-refractivity contribution in [1.82, 2.24) is 0 Å². The summed E-state index contributed by atoms with van der Waals surface area (Å²) in [6.07, 6.45) is 15.5. The predicted molar refractivity (Wildman–Crippen MR) is 229 cm³/mol. The van der Waals surface area contributed by atoms with Crippen molar-refractivity contribution in [2.24, 2.45) is 11.8 Å². The van der Waals surface area contributed by atoms with Crippen LogP contribution in [-0.4, -0.2) is 42.5 Å². The van der Waals surface area contributed by atoms with Crippen molar-refractivity contribution in [1.29, 1.82) is 0 Å². The van der Waals surface area contributed by atoms with Crippen LogP contribution in [0.5, 0.6) is 23.0 Å². The van der Waals surface area contributed by atoms with Gasteiger partial charge in [-0.25, -0.2) is 0 Å². The molecule has 0 bridgehead atoms. The molecule has 0 aromatic heterocycles. The summed E-state index contributed by atoms with van der Waals surface area (Å²) in [4.78, 5) is 0. The van der Waals surface area contributed by atoms with Crippen LogP contribution in [0, 0.1) is 35.1 Å². The lowest BCUT2D eigenvalue weighted by molar-refractivity contribution is -0.106. The summed E-state index contributed by atoms with van der Waals surface area (Å²) in [5.74, 6) is 15.1. The van der Waals surface area contributed by atoms with Crippen LogP contribution in [-0.2, 0) is 4.74 Å². The zero-order valence-corrected chi connectivity index (χ0v) is 37.2. The van der Waals surface area contributed by atoms with Gasteiger partial charge in [0.2, 0.25) is 0 Å². The zero-order valence-electron chi connectivity index (χ0n) is 35.2. The third kappa shape index (κ3) is 11.8. The van der Waals surface area contributed by atoms with Crippen LogP contribution in [0.15, 0.2) is 30.3 Å². The van der Waals surface area contributed by atoms with Crippen molar-refractivity contribution >= 4 is 16.4 Å². The quantitative estimate of drug-likeness (QED) is 0.150. The van der Waals surface area contributed by atoms with E-state index in [9.17, 15) is 0 Å². The average Bonchev–Trinajstić information content (AvgIpc) is 3.15. The average molecular weight is 771 g/mol. The second-order valence-corrected chi connectivity index (χ2v) is 28.3. The lowest BCUT2D eigenvalue weighted by Gasteiger charge is -2.42. The molecule has 3 aliphatic rings. The van der Waals surface area contributed by atoms with Crippen LogP contribution in [0.4, 0.5) is 0 Å². The van der Waals surface area contributed by atoms with Crippen LogP contribution in [0.25, 0.3) is 0 Å². The van der Waals surface area contributed by atoms with Crippen LogP contribution >= 0.6 is 0 Å². The van der Waals surface area contributed by atoms with Gasteiger partial charge in [-0.2, -0.15) is 0 Å². The zero-order chi connectivity index (χ0) is 38.7. The molecule has 0 radical (unpaired) electrons. The maximum absolute atomic E-state index is 7.31. The SMILES string of the molecule is CC(C)[Si](Oc1ccc(OCC2CCCCC2)cc1C#Cc1cc(OC2CCCCO2)c(C#C[Si](C)(C)C)cc1OCC1CCCCC1)(C(C)C)C(C)C. The van der Waals surface area contributed by atoms with Gasteiger partial charge in [0.05, 0.1) is 36.5 Å². The minimum absolute atomic E-state index is 0.292. The van der Waals surface area contributed by atoms with Crippen molar-refractivity contribution < 1.29 is 23.4 Å². The van der Waals surface area contributed by atoms with Crippen molar-refractivity contribution in [3.63, 3.8) is 0 Å². The van der Waals surface area contributed by atoms with Crippen molar-refractivity contribution in [3.05, 3.63) is 47.0 Å². The van der Waals surface area contributed by atoms with Gasteiger partial charge in [0.15, 0.2) is 6.29 Å². The summed E-state index contributed by atoms with van der Waals surface area (Å²) < 4.78 is 33.2. The molecule has 0 amide bonds. The molecule has 54 heavy (non-hydrogen) atoms. The minimum Gasteiger partial charge on any atom is -0.542 e. The standard InChI is InChI=1S/C47H70O5Si2/c1-35(2)54(36(3)4,37(5)6)52-44-26-25-43(49-33-38-18-12-10-13-19-38)30-40(44)23-24-41-32-46(51-47-22-16-17-28-48-47)42(27-29-53(7,8)9)31-45(41)50-34-39-20-14-11-15-21-39/h25-26,30-32,35-39,47H,10-22,28,33-34H2,1-9H3. The van der Waals surface area contributed by atoms with Gasteiger partial charge in [-0.1, -0.05) is 117 Å². The molecule has 1 aliphatic heterocycles. The van der Waals surface area contributed by atoms with Gasteiger partial charge in [-0.3, -0.25) is 0 Å². The summed E-state index contributed by atoms with van der Waals surface area (Å²) in [7, 11) is -3.92. The fourth-order valence-electron chi connectivity index (χ4n) is 8.77. The topological polar surface area (TPSA) is 46.2 Å². The Morgan fingerprint density at radius 3 is 1.70 bits per heavy atom. The minimum atomic E-state index is -2.26. The molecule has 0 spiro atoms. The Balaban J connectivity index is 1.59. The molecule has 296 valence electrons. The Kier molecular flexibility index (Phi) is 15.5. The molecule has 2 saturated carbocycles. The third-order valence-corrected chi connectivity index (χ3v) is 18.6. The van der Waals surface area contributed by atoms with Crippen LogP contribution < -0.4 is 18.6 Å². The third-order valence-electron chi connectivity index (χ3n) is 11.7. The van der Waals surface area contributed by atoms with Gasteiger partial charge in [-0.15, -0.1) is 5.54 Å². The Labute approximate surface area is 331 Å². The largest absolute Gasteiger partial charge is 0.542 e. The van der Waals surface area contributed by atoms with E-state index in [0.29, 0.717) is 47.4 Å². The number of ether oxygens (including phenoxy) is 4. The van der Waals surface area contributed by atoms with E-state index in [1.807, 2.05) is 0 Å². The molecule has 1 saturated heterocycles.